The Hall–Kier alpha value is -1.11. The van der Waals surface area contributed by atoms with Gasteiger partial charge in [-0.3, -0.25) is 0 Å². The number of hydrogen-bond acceptors (Lipinski definition) is 6. The Labute approximate surface area is 111 Å². The number of nitrogens with two attached hydrogens (primary N) is 1. The first-order valence-electron chi connectivity index (χ1n) is 5.80. The zero-order chi connectivity index (χ0) is 13.2. The van der Waals surface area contributed by atoms with Gasteiger partial charge in [0.2, 0.25) is 5.95 Å². The van der Waals surface area contributed by atoms with Gasteiger partial charge in [0.25, 0.3) is 0 Å². The zero-order valence-electron chi connectivity index (χ0n) is 10.3. The van der Waals surface area contributed by atoms with Gasteiger partial charge in [-0.05, 0) is 0 Å². The van der Waals surface area contributed by atoms with Gasteiger partial charge in [0.1, 0.15) is 11.0 Å². The maximum absolute atomic E-state index is 10.4. The summed E-state index contributed by atoms with van der Waals surface area (Å²) >= 11 is 5.83. The van der Waals surface area contributed by atoms with E-state index in [0.29, 0.717) is 43.6 Å². The summed E-state index contributed by atoms with van der Waals surface area (Å²) in [5.41, 5.74) is 4.80. The lowest BCUT2D eigenvalue weighted by molar-refractivity contribution is -0.0573. The van der Waals surface area contributed by atoms with E-state index in [1.165, 1.54) is 0 Å². The highest BCUT2D eigenvalue weighted by molar-refractivity contribution is 6.29. The Kier molecular flexibility index (Phi) is 3.89. The second kappa shape index (κ2) is 5.26. The van der Waals surface area contributed by atoms with Gasteiger partial charge in [-0.15, -0.1) is 0 Å². The summed E-state index contributed by atoms with van der Waals surface area (Å²) in [5.74, 6) is 0.732. The number of likely N-dealkylation sites (N-methyl/N-ethyl adjacent to an activating group) is 1. The number of aliphatic hydroxyl groups is 1. The molecule has 1 aromatic heterocycles. The van der Waals surface area contributed by atoms with Gasteiger partial charge < -0.3 is 20.5 Å². The van der Waals surface area contributed by atoms with Gasteiger partial charge in [0.15, 0.2) is 0 Å². The van der Waals surface area contributed by atoms with E-state index in [4.69, 9.17) is 22.1 Å². The van der Waals surface area contributed by atoms with Crippen molar-refractivity contribution < 1.29 is 9.84 Å². The first-order chi connectivity index (χ1) is 8.48. The molecular formula is C11H17ClN4O2. The molecule has 7 heteroatoms. The Balaban J connectivity index is 2.08. The van der Waals surface area contributed by atoms with Crippen molar-refractivity contribution in [2.75, 3.05) is 37.4 Å². The fraction of sp³-hybridized carbons (Fsp3) is 0.636. The van der Waals surface area contributed by atoms with Crippen LogP contribution in [0.1, 0.15) is 12.8 Å². The van der Waals surface area contributed by atoms with Crippen molar-refractivity contribution in [1.82, 2.24) is 9.97 Å². The lowest BCUT2D eigenvalue weighted by Gasteiger charge is -2.35. The van der Waals surface area contributed by atoms with E-state index in [1.54, 1.807) is 6.07 Å². The first kappa shape index (κ1) is 13.3. The molecular weight excluding hydrogens is 256 g/mol. The molecule has 0 unspecified atom stereocenters. The maximum atomic E-state index is 10.4. The fourth-order valence-electron chi connectivity index (χ4n) is 2.05. The molecule has 0 atom stereocenters. The molecule has 3 N–H and O–H groups in total. The monoisotopic (exact) mass is 272 g/mol. The van der Waals surface area contributed by atoms with Crippen LogP contribution in [0.15, 0.2) is 6.07 Å². The minimum absolute atomic E-state index is 0.128. The highest BCUT2D eigenvalue weighted by Gasteiger charge is 2.31. The molecule has 0 aliphatic carbocycles. The van der Waals surface area contributed by atoms with Crippen LogP contribution in [0.25, 0.3) is 0 Å². The molecule has 0 amide bonds. The zero-order valence-corrected chi connectivity index (χ0v) is 11.0. The second-order valence-corrected chi connectivity index (χ2v) is 4.99. The van der Waals surface area contributed by atoms with E-state index in [9.17, 15) is 5.11 Å². The average Bonchev–Trinajstić information content (AvgIpc) is 2.28. The Morgan fingerprint density at radius 1 is 1.50 bits per heavy atom. The molecule has 0 aromatic carbocycles. The molecule has 1 aromatic rings. The van der Waals surface area contributed by atoms with Gasteiger partial charge in [-0.25, -0.2) is 4.98 Å². The number of nitrogens with zero attached hydrogens (tertiary/aromatic N) is 3. The third-order valence-electron chi connectivity index (χ3n) is 3.04. The molecule has 2 rings (SSSR count). The van der Waals surface area contributed by atoms with Crippen LogP contribution in [0.3, 0.4) is 0 Å². The van der Waals surface area contributed by atoms with Crippen LogP contribution in [-0.4, -0.2) is 47.5 Å². The van der Waals surface area contributed by atoms with Gasteiger partial charge in [0, 0.05) is 45.7 Å². The SMILES string of the molecule is CN(CC1(O)CCOCC1)c1cc(Cl)nc(N)n1. The summed E-state index contributed by atoms with van der Waals surface area (Å²) in [4.78, 5) is 9.73. The molecule has 1 aliphatic rings. The predicted molar refractivity (Wildman–Crippen MR) is 69.7 cm³/mol. The van der Waals surface area contributed by atoms with Crippen molar-refractivity contribution in [3.63, 3.8) is 0 Å². The molecule has 1 aliphatic heterocycles. The van der Waals surface area contributed by atoms with Crippen molar-refractivity contribution in [2.24, 2.45) is 0 Å². The standard InChI is InChI=1S/C11H17ClN4O2/c1-16(7-11(17)2-4-18-5-3-11)9-6-8(12)14-10(13)15-9/h6,17H,2-5,7H2,1H3,(H2,13,14,15). The van der Waals surface area contributed by atoms with Gasteiger partial charge in [-0.2, -0.15) is 4.98 Å². The Morgan fingerprint density at radius 3 is 2.78 bits per heavy atom. The van der Waals surface area contributed by atoms with Gasteiger partial charge in [0.05, 0.1) is 5.60 Å². The van der Waals surface area contributed by atoms with Crippen LogP contribution in [0, 0.1) is 0 Å². The number of aromatic nitrogens is 2. The van der Waals surface area contributed by atoms with Crippen molar-refractivity contribution in [1.29, 1.82) is 0 Å². The van der Waals surface area contributed by atoms with E-state index in [0.717, 1.165) is 0 Å². The third kappa shape index (κ3) is 3.22. The highest BCUT2D eigenvalue weighted by atomic mass is 35.5. The lowest BCUT2D eigenvalue weighted by atomic mass is 9.94. The summed E-state index contributed by atoms with van der Waals surface area (Å²) in [6, 6.07) is 1.63. The summed E-state index contributed by atoms with van der Waals surface area (Å²) in [5, 5.41) is 10.7. The summed E-state index contributed by atoms with van der Waals surface area (Å²) < 4.78 is 5.25. The molecule has 18 heavy (non-hydrogen) atoms. The van der Waals surface area contributed by atoms with Crippen molar-refractivity contribution >= 4 is 23.4 Å². The fourth-order valence-corrected chi connectivity index (χ4v) is 2.23. The lowest BCUT2D eigenvalue weighted by Crippen LogP contribution is -2.46. The molecule has 1 fully saturated rings. The number of ether oxygens (including phenoxy) is 1. The molecule has 0 radical (unpaired) electrons. The molecule has 0 spiro atoms. The van der Waals surface area contributed by atoms with Crippen molar-refractivity contribution in [3.05, 3.63) is 11.2 Å². The maximum Gasteiger partial charge on any atom is 0.223 e. The van der Waals surface area contributed by atoms with Crippen LogP contribution < -0.4 is 10.6 Å². The summed E-state index contributed by atoms with van der Waals surface area (Å²) in [6.07, 6.45) is 1.23. The quantitative estimate of drug-likeness (QED) is 0.788. The van der Waals surface area contributed by atoms with Crippen molar-refractivity contribution in [2.45, 2.75) is 18.4 Å². The number of hydrogen-bond donors (Lipinski definition) is 2. The Bertz CT molecular complexity index is 403. The first-order valence-corrected chi connectivity index (χ1v) is 6.18. The normalized spacial score (nSPS) is 18.6. The van der Waals surface area contributed by atoms with E-state index in [2.05, 4.69) is 9.97 Å². The van der Waals surface area contributed by atoms with Gasteiger partial charge >= 0.3 is 0 Å². The number of anilines is 2. The van der Waals surface area contributed by atoms with Crippen molar-refractivity contribution in [3.8, 4) is 0 Å². The minimum atomic E-state index is -0.751. The average molecular weight is 273 g/mol. The van der Waals surface area contributed by atoms with E-state index >= 15 is 0 Å². The third-order valence-corrected chi connectivity index (χ3v) is 3.24. The van der Waals surface area contributed by atoms with E-state index in [1.807, 2.05) is 11.9 Å². The highest BCUT2D eigenvalue weighted by Crippen LogP contribution is 2.24. The number of halogens is 1. The second-order valence-electron chi connectivity index (χ2n) is 4.60. The molecule has 0 saturated carbocycles. The van der Waals surface area contributed by atoms with E-state index in [-0.39, 0.29) is 5.95 Å². The molecule has 1 saturated heterocycles. The van der Waals surface area contributed by atoms with E-state index < -0.39 is 5.60 Å². The smallest absolute Gasteiger partial charge is 0.223 e. The van der Waals surface area contributed by atoms with Crippen LogP contribution in [0.2, 0.25) is 5.15 Å². The largest absolute Gasteiger partial charge is 0.388 e. The molecule has 0 bridgehead atoms. The topological polar surface area (TPSA) is 84.5 Å². The van der Waals surface area contributed by atoms with Crippen LogP contribution in [0.5, 0.6) is 0 Å². The summed E-state index contributed by atoms with van der Waals surface area (Å²) in [7, 11) is 1.84. The molecule has 2 heterocycles. The van der Waals surface area contributed by atoms with Crippen LogP contribution in [0.4, 0.5) is 11.8 Å². The number of nitrogen functional groups attached to an aromatic ring is 1. The van der Waals surface area contributed by atoms with Crippen LogP contribution in [-0.2, 0) is 4.74 Å². The number of rotatable bonds is 3. The van der Waals surface area contributed by atoms with Crippen LogP contribution >= 0.6 is 11.6 Å². The Morgan fingerprint density at radius 2 is 2.17 bits per heavy atom. The van der Waals surface area contributed by atoms with Gasteiger partial charge in [-0.1, -0.05) is 11.6 Å². The molecule has 100 valence electrons. The molecule has 6 nitrogen and oxygen atoms in total. The predicted octanol–water partition coefficient (Wildman–Crippen LogP) is 0.690. The summed E-state index contributed by atoms with van der Waals surface area (Å²) in [6.45, 7) is 1.62. The minimum Gasteiger partial charge on any atom is -0.388 e.